The predicted octanol–water partition coefficient (Wildman–Crippen LogP) is 4.24. The fourth-order valence-electron chi connectivity index (χ4n) is 3.75. The van der Waals surface area contributed by atoms with Crippen molar-refractivity contribution in [3.05, 3.63) is 70.9 Å². The molecule has 1 aliphatic heterocycles. The predicted molar refractivity (Wildman–Crippen MR) is 122 cm³/mol. The van der Waals surface area contributed by atoms with Gasteiger partial charge in [0.05, 0.1) is 17.8 Å². The van der Waals surface area contributed by atoms with Gasteiger partial charge in [0.2, 0.25) is 5.95 Å². The third kappa shape index (κ3) is 4.12. The van der Waals surface area contributed by atoms with Crippen molar-refractivity contribution in [1.29, 1.82) is 0 Å². The number of amides is 3. The van der Waals surface area contributed by atoms with Gasteiger partial charge in [0.15, 0.2) is 0 Å². The highest BCUT2D eigenvalue weighted by Gasteiger charge is 2.33. The van der Waals surface area contributed by atoms with E-state index in [9.17, 15) is 22.8 Å². The highest BCUT2D eigenvalue weighted by atomic mass is 19.4. The van der Waals surface area contributed by atoms with Crippen molar-refractivity contribution in [1.82, 2.24) is 9.97 Å². The lowest BCUT2D eigenvalue weighted by atomic mass is 10.1. The normalized spacial score (nSPS) is 13.6. The number of benzene rings is 2. The van der Waals surface area contributed by atoms with Crippen LogP contribution in [0.1, 0.15) is 27.0 Å². The van der Waals surface area contributed by atoms with Gasteiger partial charge in [-0.15, -0.1) is 0 Å². The summed E-state index contributed by atoms with van der Waals surface area (Å²) in [4.78, 5) is 38.3. The van der Waals surface area contributed by atoms with Gasteiger partial charge in [0.1, 0.15) is 5.82 Å². The van der Waals surface area contributed by atoms with Gasteiger partial charge in [-0.05, 0) is 42.8 Å². The molecule has 0 atom stereocenters. The number of rotatable bonds is 3. The van der Waals surface area contributed by atoms with Crippen molar-refractivity contribution in [2.45, 2.75) is 19.6 Å². The maximum absolute atomic E-state index is 13.1. The summed E-state index contributed by atoms with van der Waals surface area (Å²) < 4.78 is 39.2. The molecule has 1 aromatic heterocycles. The number of nitrogens with two attached hydrogens (primary N) is 1. The summed E-state index contributed by atoms with van der Waals surface area (Å²) >= 11 is 0. The van der Waals surface area contributed by atoms with Crippen LogP contribution in [0.5, 0.6) is 0 Å². The first kappa shape index (κ1) is 23.0. The number of carbonyl (C=O) groups excluding carboxylic acids is 2. The maximum atomic E-state index is 13.1. The Bertz CT molecular complexity index is 1290. The molecule has 0 unspecified atom stereocenters. The molecule has 176 valence electrons. The van der Waals surface area contributed by atoms with Gasteiger partial charge < -0.3 is 10.6 Å². The zero-order valence-electron chi connectivity index (χ0n) is 18.6. The van der Waals surface area contributed by atoms with Crippen molar-refractivity contribution in [2.24, 2.45) is 0 Å². The highest BCUT2D eigenvalue weighted by molar-refractivity contribution is 6.08. The molecule has 4 rings (SSSR count). The molecular formula is C23H21F3N6O2. The Balaban J connectivity index is 1.67. The number of urea groups is 1. The summed E-state index contributed by atoms with van der Waals surface area (Å²) in [5.74, 6) is -0.142. The first-order valence-electron chi connectivity index (χ1n) is 10.2. The van der Waals surface area contributed by atoms with Crippen LogP contribution in [-0.2, 0) is 12.7 Å². The average Bonchev–Trinajstić information content (AvgIpc) is 2.81. The Morgan fingerprint density at radius 3 is 2.62 bits per heavy atom. The summed E-state index contributed by atoms with van der Waals surface area (Å²) in [5.41, 5.74) is 7.06. The van der Waals surface area contributed by atoms with Crippen molar-refractivity contribution in [3.8, 4) is 0 Å². The molecule has 2 heterocycles. The molecule has 2 aromatic carbocycles. The van der Waals surface area contributed by atoms with Gasteiger partial charge >= 0.3 is 12.2 Å². The third-order valence-corrected chi connectivity index (χ3v) is 5.64. The Morgan fingerprint density at radius 2 is 1.91 bits per heavy atom. The summed E-state index contributed by atoms with van der Waals surface area (Å²) in [6.07, 6.45) is -3.01. The first-order valence-corrected chi connectivity index (χ1v) is 10.2. The van der Waals surface area contributed by atoms with Crippen LogP contribution in [0, 0.1) is 6.92 Å². The second-order valence-corrected chi connectivity index (χ2v) is 7.92. The molecule has 3 amide bonds. The van der Waals surface area contributed by atoms with E-state index >= 15 is 0 Å². The monoisotopic (exact) mass is 470 g/mol. The van der Waals surface area contributed by atoms with Crippen molar-refractivity contribution >= 4 is 35.1 Å². The molecule has 34 heavy (non-hydrogen) atoms. The molecule has 2 N–H and O–H groups in total. The van der Waals surface area contributed by atoms with E-state index in [0.717, 1.165) is 17.7 Å². The van der Waals surface area contributed by atoms with E-state index in [0.29, 0.717) is 22.8 Å². The number of halogens is 3. The average molecular weight is 470 g/mol. The van der Waals surface area contributed by atoms with Crippen LogP contribution in [0.4, 0.5) is 41.1 Å². The van der Waals surface area contributed by atoms with Crippen molar-refractivity contribution < 1.29 is 22.8 Å². The fourth-order valence-corrected chi connectivity index (χ4v) is 3.75. The zero-order valence-corrected chi connectivity index (χ0v) is 18.6. The molecule has 11 heteroatoms. The van der Waals surface area contributed by atoms with Crippen LogP contribution in [0.2, 0.25) is 0 Å². The van der Waals surface area contributed by atoms with Crippen LogP contribution in [0.25, 0.3) is 0 Å². The zero-order chi connectivity index (χ0) is 24.8. The quantitative estimate of drug-likeness (QED) is 0.618. The van der Waals surface area contributed by atoms with E-state index in [1.165, 1.54) is 33.9 Å². The van der Waals surface area contributed by atoms with Crippen LogP contribution in [0.15, 0.2) is 48.7 Å². The van der Waals surface area contributed by atoms with Gasteiger partial charge in [0.25, 0.3) is 5.91 Å². The Kier molecular flexibility index (Phi) is 5.64. The maximum Gasteiger partial charge on any atom is 0.416 e. The van der Waals surface area contributed by atoms with Crippen molar-refractivity contribution in [2.75, 3.05) is 34.5 Å². The number of nitrogens with zero attached hydrogens (tertiary/aromatic N) is 5. The van der Waals surface area contributed by atoms with E-state index < -0.39 is 17.6 Å². The fraction of sp³-hybridized carbons (Fsp3) is 0.217. The minimum Gasteiger partial charge on any atom is -0.368 e. The number of alkyl halides is 3. The number of aryl methyl sites for hydroxylation is 1. The van der Waals surface area contributed by atoms with E-state index in [1.54, 1.807) is 31.4 Å². The topological polar surface area (TPSA) is 95.7 Å². The molecule has 3 aromatic rings. The number of nitrogen functional groups attached to an aromatic ring is 1. The van der Waals surface area contributed by atoms with Gasteiger partial charge in [-0.2, -0.15) is 18.2 Å². The summed E-state index contributed by atoms with van der Waals surface area (Å²) in [6, 6.07) is 8.96. The minimum absolute atomic E-state index is 0.0553. The molecule has 0 fully saturated rings. The van der Waals surface area contributed by atoms with Crippen molar-refractivity contribution in [3.63, 3.8) is 0 Å². The third-order valence-electron chi connectivity index (χ3n) is 5.64. The SMILES string of the molecule is Cc1ccc(N(C)C(=O)c2cccc(C(F)(F)F)c2)cc1N1Cc2cnc(N)nc2N(C)C1=O. The van der Waals surface area contributed by atoms with E-state index in [2.05, 4.69) is 9.97 Å². The van der Waals surface area contributed by atoms with Gasteiger partial charge in [0, 0.05) is 37.1 Å². The molecule has 8 nitrogen and oxygen atoms in total. The number of anilines is 4. The molecule has 0 bridgehead atoms. The summed E-state index contributed by atoms with van der Waals surface area (Å²) in [7, 11) is 3.04. The number of aromatic nitrogens is 2. The number of hydrogen-bond acceptors (Lipinski definition) is 5. The Hall–Kier alpha value is -4.15. The lowest BCUT2D eigenvalue weighted by Crippen LogP contribution is -2.46. The number of hydrogen-bond donors (Lipinski definition) is 1. The standard InChI is InChI=1S/C23H21F3N6O2/c1-13-7-8-17(30(2)20(33)14-5-4-6-16(9-14)23(24,25)26)10-18(13)32-12-15-11-28-21(27)29-19(15)31(3)22(32)34/h4-11H,12H2,1-3H3,(H2,27,28,29). The lowest BCUT2D eigenvalue weighted by Gasteiger charge is -2.35. The van der Waals surface area contributed by atoms with Crippen LogP contribution in [-0.4, -0.2) is 36.0 Å². The molecule has 0 spiro atoms. The van der Waals surface area contributed by atoms with Crippen LogP contribution >= 0.6 is 0 Å². The summed E-state index contributed by atoms with van der Waals surface area (Å²) in [5, 5.41) is 0. The van der Waals surface area contributed by atoms with E-state index in [1.807, 2.05) is 6.92 Å². The highest BCUT2D eigenvalue weighted by Crippen LogP contribution is 2.34. The van der Waals surface area contributed by atoms with Crippen LogP contribution in [0.3, 0.4) is 0 Å². The van der Waals surface area contributed by atoms with Gasteiger partial charge in [-0.1, -0.05) is 12.1 Å². The lowest BCUT2D eigenvalue weighted by molar-refractivity contribution is -0.137. The van der Waals surface area contributed by atoms with E-state index in [-0.39, 0.29) is 24.1 Å². The van der Waals surface area contributed by atoms with Gasteiger partial charge in [-0.25, -0.2) is 9.78 Å². The molecule has 0 aliphatic carbocycles. The summed E-state index contributed by atoms with van der Waals surface area (Å²) in [6.45, 7) is 2.00. The largest absolute Gasteiger partial charge is 0.416 e. The smallest absolute Gasteiger partial charge is 0.368 e. The van der Waals surface area contributed by atoms with Gasteiger partial charge in [-0.3, -0.25) is 14.6 Å². The molecular weight excluding hydrogens is 449 g/mol. The second-order valence-electron chi connectivity index (χ2n) is 7.92. The van der Waals surface area contributed by atoms with Crippen LogP contribution < -0.4 is 20.4 Å². The minimum atomic E-state index is -4.56. The molecule has 1 aliphatic rings. The first-order chi connectivity index (χ1) is 16.0. The number of fused-ring (bicyclic) bond motifs is 1. The molecule has 0 radical (unpaired) electrons. The second kappa shape index (κ2) is 8.32. The Morgan fingerprint density at radius 1 is 1.18 bits per heavy atom. The Labute approximate surface area is 193 Å². The molecule has 0 saturated heterocycles. The van der Waals surface area contributed by atoms with E-state index in [4.69, 9.17) is 5.73 Å². The number of carbonyl (C=O) groups is 2. The molecule has 0 saturated carbocycles.